The Morgan fingerprint density at radius 3 is 2.14 bits per heavy atom. The van der Waals surface area contributed by atoms with Crippen LogP contribution in [0, 0.1) is 0 Å². The van der Waals surface area contributed by atoms with Gasteiger partial charge < -0.3 is 33.8 Å². The van der Waals surface area contributed by atoms with E-state index in [0.29, 0.717) is 15.6 Å². The minimum absolute atomic E-state index is 0. The van der Waals surface area contributed by atoms with Crippen LogP contribution in [0.4, 0.5) is 5.69 Å². The van der Waals surface area contributed by atoms with Gasteiger partial charge in [0.25, 0.3) is 5.91 Å². The summed E-state index contributed by atoms with van der Waals surface area (Å²) in [6, 6.07) is 13.9. The molecule has 152 valence electrons. The number of benzene rings is 2. The van der Waals surface area contributed by atoms with Gasteiger partial charge in [-0.3, -0.25) is 4.79 Å². The van der Waals surface area contributed by atoms with E-state index >= 15 is 0 Å². The monoisotopic (exact) mass is 532 g/mol. The topological polar surface area (TPSA) is 29.1 Å². The van der Waals surface area contributed by atoms with Gasteiger partial charge in [-0.2, -0.15) is 0 Å². The standard InChI is InChI=1S/C22H26Cl2N2O.HI/c1-26(2,18-7-4-3-5-8-18)15-16-11-13-17(14-12-16)25-22(27)21-19(23)9-6-10-20(21)24;/h6,9-14,18H,3-5,7-8,15H2,1-2H3;1H. The van der Waals surface area contributed by atoms with Gasteiger partial charge in [0.05, 0.1) is 35.7 Å². The lowest BCUT2D eigenvalue weighted by Crippen LogP contribution is -3.00. The minimum Gasteiger partial charge on any atom is -1.00 e. The molecular weight excluding hydrogens is 506 g/mol. The maximum absolute atomic E-state index is 12.5. The predicted molar refractivity (Wildman–Crippen MR) is 114 cm³/mol. The number of rotatable bonds is 5. The molecule has 3 rings (SSSR count). The SMILES string of the molecule is C[N+](C)(Cc1ccc(NC(=O)c2c(Cl)cccc2Cl)cc1)C1CCCCC1.[I-]. The molecule has 0 aromatic heterocycles. The maximum atomic E-state index is 12.5. The lowest BCUT2D eigenvalue weighted by molar-refractivity contribution is -0.929. The van der Waals surface area contributed by atoms with Crippen molar-refractivity contribution in [3.63, 3.8) is 0 Å². The van der Waals surface area contributed by atoms with Gasteiger partial charge in [-0.1, -0.05) is 47.8 Å². The van der Waals surface area contributed by atoms with E-state index < -0.39 is 0 Å². The van der Waals surface area contributed by atoms with Crippen LogP contribution in [0.3, 0.4) is 0 Å². The zero-order chi connectivity index (χ0) is 19.4. The molecule has 0 heterocycles. The molecule has 0 radical (unpaired) electrons. The van der Waals surface area contributed by atoms with Crippen LogP contribution in [0.2, 0.25) is 10.0 Å². The second-order valence-electron chi connectivity index (χ2n) is 7.98. The summed E-state index contributed by atoms with van der Waals surface area (Å²) in [5, 5.41) is 3.58. The van der Waals surface area contributed by atoms with E-state index in [0.717, 1.165) is 22.8 Å². The van der Waals surface area contributed by atoms with E-state index in [1.54, 1.807) is 18.2 Å². The van der Waals surface area contributed by atoms with Crippen LogP contribution in [0.15, 0.2) is 42.5 Å². The molecule has 0 spiro atoms. The van der Waals surface area contributed by atoms with Crippen LogP contribution in [0.1, 0.15) is 48.0 Å². The highest BCUT2D eigenvalue weighted by Crippen LogP contribution is 2.28. The number of carbonyl (C=O) groups excluding carboxylic acids is 1. The molecule has 0 saturated heterocycles. The maximum Gasteiger partial charge on any atom is 0.258 e. The van der Waals surface area contributed by atoms with Gasteiger partial charge in [0.2, 0.25) is 0 Å². The Labute approximate surface area is 195 Å². The average molecular weight is 533 g/mol. The average Bonchev–Trinajstić information content (AvgIpc) is 2.64. The molecule has 0 bridgehead atoms. The van der Waals surface area contributed by atoms with Gasteiger partial charge in [0, 0.05) is 11.3 Å². The predicted octanol–water partition coefficient (Wildman–Crippen LogP) is 3.16. The van der Waals surface area contributed by atoms with Crippen molar-refractivity contribution in [3.8, 4) is 0 Å². The molecule has 1 aliphatic carbocycles. The van der Waals surface area contributed by atoms with Crippen molar-refractivity contribution >= 4 is 34.8 Å². The van der Waals surface area contributed by atoms with E-state index in [1.807, 2.05) is 12.1 Å². The molecule has 1 amide bonds. The van der Waals surface area contributed by atoms with Crippen LogP contribution < -0.4 is 29.3 Å². The Morgan fingerprint density at radius 1 is 1.00 bits per heavy atom. The molecule has 6 heteroatoms. The first-order valence-corrected chi connectivity index (χ1v) is 10.3. The first-order chi connectivity index (χ1) is 12.9. The number of hydrogen-bond acceptors (Lipinski definition) is 1. The second-order valence-corrected chi connectivity index (χ2v) is 8.79. The van der Waals surface area contributed by atoms with Crippen molar-refractivity contribution in [1.29, 1.82) is 0 Å². The van der Waals surface area contributed by atoms with Crippen molar-refractivity contribution in [2.75, 3.05) is 19.4 Å². The van der Waals surface area contributed by atoms with Crippen molar-refractivity contribution in [2.45, 2.75) is 44.7 Å². The fourth-order valence-electron chi connectivity index (χ4n) is 3.98. The van der Waals surface area contributed by atoms with Crippen LogP contribution in [-0.4, -0.2) is 30.5 Å². The van der Waals surface area contributed by atoms with E-state index in [9.17, 15) is 4.79 Å². The Kier molecular flexibility index (Phi) is 8.61. The largest absolute Gasteiger partial charge is 1.00 e. The van der Waals surface area contributed by atoms with Crippen LogP contribution in [0.25, 0.3) is 0 Å². The molecular formula is C22H27Cl2IN2O. The van der Waals surface area contributed by atoms with E-state index in [4.69, 9.17) is 23.2 Å². The van der Waals surface area contributed by atoms with Crippen molar-refractivity contribution in [1.82, 2.24) is 0 Å². The number of carbonyl (C=O) groups is 1. The third kappa shape index (κ3) is 5.85. The molecule has 0 aliphatic heterocycles. The zero-order valence-corrected chi connectivity index (χ0v) is 20.0. The van der Waals surface area contributed by atoms with Crippen LogP contribution in [-0.2, 0) is 6.54 Å². The number of quaternary nitrogens is 1. The van der Waals surface area contributed by atoms with Gasteiger partial charge in [-0.05, 0) is 49.9 Å². The highest BCUT2D eigenvalue weighted by atomic mass is 127. The highest BCUT2D eigenvalue weighted by molar-refractivity contribution is 6.40. The summed E-state index contributed by atoms with van der Waals surface area (Å²) in [6.07, 6.45) is 6.71. The van der Waals surface area contributed by atoms with Gasteiger partial charge >= 0.3 is 0 Å². The van der Waals surface area contributed by atoms with Crippen molar-refractivity contribution < 1.29 is 33.3 Å². The highest BCUT2D eigenvalue weighted by Gasteiger charge is 2.29. The molecule has 1 fully saturated rings. The van der Waals surface area contributed by atoms with Gasteiger partial charge in [0.15, 0.2) is 0 Å². The van der Waals surface area contributed by atoms with Gasteiger partial charge in [0.1, 0.15) is 6.54 Å². The molecule has 2 aromatic carbocycles. The Morgan fingerprint density at radius 2 is 1.57 bits per heavy atom. The quantitative estimate of drug-likeness (QED) is 0.465. The molecule has 2 aromatic rings. The van der Waals surface area contributed by atoms with Crippen LogP contribution in [0.5, 0.6) is 0 Å². The molecule has 1 aliphatic rings. The van der Waals surface area contributed by atoms with E-state index in [-0.39, 0.29) is 29.9 Å². The summed E-state index contributed by atoms with van der Waals surface area (Å²) < 4.78 is 1.01. The van der Waals surface area contributed by atoms with E-state index in [2.05, 4.69) is 31.5 Å². The number of amides is 1. The molecule has 1 N–H and O–H groups in total. The van der Waals surface area contributed by atoms with Gasteiger partial charge in [-0.25, -0.2) is 0 Å². The Balaban J connectivity index is 0.00000280. The lowest BCUT2D eigenvalue weighted by atomic mass is 9.92. The summed E-state index contributed by atoms with van der Waals surface area (Å²) in [4.78, 5) is 12.5. The van der Waals surface area contributed by atoms with E-state index in [1.165, 1.54) is 37.7 Å². The first-order valence-electron chi connectivity index (χ1n) is 9.54. The smallest absolute Gasteiger partial charge is 0.258 e. The lowest BCUT2D eigenvalue weighted by Gasteiger charge is -2.40. The third-order valence-electron chi connectivity index (χ3n) is 5.55. The number of nitrogens with one attached hydrogen (secondary N) is 1. The number of hydrogen-bond donors (Lipinski definition) is 1. The van der Waals surface area contributed by atoms with Crippen molar-refractivity contribution in [2.24, 2.45) is 0 Å². The molecule has 3 nitrogen and oxygen atoms in total. The number of nitrogens with zero attached hydrogens (tertiary/aromatic N) is 1. The fraction of sp³-hybridized carbons (Fsp3) is 0.409. The minimum atomic E-state index is -0.295. The fourth-order valence-corrected chi connectivity index (χ4v) is 4.55. The summed E-state index contributed by atoms with van der Waals surface area (Å²) in [5.41, 5.74) is 2.32. The Bertz CT molecular complexity index is 782. The van der Waals surface area contributed by atoms with Gasteiger partial charge in [-0.15, -0.1) is 0 Å². The summed E-state index contributed by atoms with van der Waals surface area (Å²) in [6.45, 7) is 0.995. The number of anilines is 1. The summed E-state index contributed by atoms with van der Waals surface area (Å²) in [7, 11) is 4.65. The summed E-state index contributed by atoms with van der Waals surface area (Å²) >= 11 is 12.2. The normalized spacial score (nSPS) is 15.0. The second kappa shape index (κ2) is 10.3. The molecule has 1 saturated carbocycles. The third-order valence-corrected chi connectivity index (χ3v) is 6.18. The first kappa shape index (κ1) is 23.5. The Hall–Kier alpha value is -0.820. The summed E-state index contributed by atoms with van der Waals surface area (Å²) in [5.74, 6) is -0.295. The number of halogens is 3. The molecule has 28 heavy (non-hydrogen) atoms. The molecule has 0 atom stereocenters. The van der Waals surface area contributed by atoms with Crippen LogP contribution >= 0.6 is 23.2 Å². The molecule has 0 unspecified atom stereocenters. The van der Waals surface area contributed by atoms with Crippen molar-refractivity contribution in [3.05, 3.63) is 63.6 Å². The zero-order valence-electron chi connectivity index (χ0n) is 16.4.